The average Bonchev–Trinajstić information content (AvgIpc) is 2.74. The first-order chi connectivity index (χ1) is 7.76. The van der Waals surface area contributed by atoms with E-state index in [2.05, 4.69) is 16.1 Å². The van der Waals surface area contributed by atoms with E-state index in [1.807, 2.05) is 6.07 Å². The van der Waals surface area contributed by atoms with Gasteiger partial charge in [0.1, 0.15) is 10.9 Å². The van der Waals surface area contributed by atoms with Gasteiger partial charge in [0.2, 0.25) is 0 Å². The summed E-state index contributed by atoms with van der Waals surface area (Å²) in [6, 6.07) is 5.57. The van der Waals surface area contributed by atoms with Gasteiger partial charge in [-0.05, 0) is 12.1 Å². The number of rotatable bonds is 3. The summed E-state index contributed by atoms with van der Waals surface area (Å²) in [5.74, 6) is 2.91. The van der Waals surface area contributed by atoms with Crippen LogP contribution >= 0.6 is 40.1 Å². The molecule has 0 saturated heterocycles. The number of thioether (sulfide) groups is 1. The highest BCUT2D eigenvalue weighted by atomic mass is 79.9. The highest BCUT2D eigenvalue weighted by molar-refractivity contribution is 8.93. The van der Waals surface area contributed by atoms with Gasteiger partial charge in [-0.2, -0.15) is 10.4 Å². The Morgan fingerprint density at radius 2 is 2.41 bits per heavy atom. The summed E-state index contributed by atoms with van der Waals surface area (Å²) in [6.07, 6.45) is 6.62. The van der Waals surface area contributed by atoms with Crippen LogP contribution in [0.2, 0.25) is 0 Å². The van der Waals surface area contributed by atoms with Crippen LogP contribution in [-0.4, -0.2) is 17.1 Å². The molecule has 0 aliphatic heterocycles. The number of thiophene rings is 1. The summed E-state index contributed by atoms with van der Waals surface area (Å²) >= 11 is 2.59. The normalized spacial score (nSPS) is 10.6. The van der Waals surface area contributed by atoms with E-state index in [1.54, 1.807) is 18.3 Å². The number of hydrogen-bond acceptors (Lipinski definition) is 5. The van der Waals surface area contributed by atoms with Crippen LogP contribution in [0.4, 0.5) is 0 Å². The number of terminal acetylenes is 1. The molecule has 1 rings (SSSR count). The summed E-state index contributed by atoms with van der Waals surface area (Å²) < 4.78 is 0. The summed E-state index contributed by atoms with van der Waals surface area (Å²) in [5.41, 5.74) is 5.51. The lowest BCUT2D eigenvalue weighted by molar-refractivity contribution is 1.25. The molecule has 0 saturated carbocycles. The Labute approximate surface area is 118 Å². The number of hydrogen-bond donors (Lipinski definition) is 1. The maximum Gasteiger partial charge on any atom is 0.181 e. The second-order valence-corrected chi connectivity index (χ2v) is 4.60. The van der Waals surface area contributed by atoms with Crippen molar-refractivity contribution in [2.24, 2.45) is 15.9 Å². The third kappa shape index (κ3) is 6.12. The third-order valence-corrected chi connectivity index (χ3v) is 2.99. The predicted octanol–water partition coefficient (Wildman–Crippen LogP) is 2.21. The molecule has 1 heterocycles. The van der Waals surface area contributed by atoms with Gasteiger partial charge in [-0.1, -0.05) is 17.7 Å². The number of halogens is 1. The fourth-order valence-corrected chi connectivity index (χ4v) is 1.78. The van der Waals surface area contributed by atoms with E-state index < -0.39 is 0 Å². The monoisotopic (exact) mass is 328 g/mol. The molecule has 0 aliphatic carbocycles. The summed E-state index contributed by atoms with van der Waals surface area (Å²) in [5, 5.41) is 16.5. The lowest BCUT2D eigenvalue weighted by Gasteiger charge is -1.90. The van der Waals surface area contributed by atoms with Gasteiger partial charge in [0.05, 0.1) is 12.0 Å². The average molecular weight is 329 g/mol. The van der Waals surface area contributed by atoms with E-state index in [1.165, 1.54) is 23.1 Å². The molecule has 0 unspecified atom stereocenters. The second kappa shape index (κ2) is 8.82. The molecule has 0 spiro atoms. The molecular formula is C10H9BrN4S2. The molecular weight excluding hydrogens is 320 g/mol. The minimum Gasteiger partial charge on any atom is -0.377 e. The molecule has 0 aliphatic rings. The van der Waals surface area contributed by atoms with Gasteiger partial charge in [-0.25, -0.2) is 0 Å². The van der Waals surface area contributed by atoms with Gasteiger partial charge < -0.3 is 5.73 Å². The maximum atomic E-state index is 8.61. The van der Waals surface area contributed by atoms with Gasteiger partial charge in [-0.3, -0.25) is 0 Å². The van der Waals surface area contributed by atoms with Crippen molar-refractivity contribution in [3.63, 3.8) is 0 Å². The van der Waals surface area contributed by atoms with Crippen molar-refractivity contribution in [1.82, 2.24) is 0 Å². The van der Waals surface area contributed by atoms with Crippen LogP contribution in [0.15, 0.2) is 22.3 Å². The van der Waals surface area contributed by atoms with Gasteiger partial charge in [-0.15, -0.1) is 39.8 Å². The minimum absolute atomic E-state index is 0. The Morgan fingerprint density at radius 1 is 1.65 bits per heavy atom. The van der Waals surface area contributed by atoms with Crippen LogP contribution in [0.1, 0.15) is 9.75 Å². The molecule has 0 amide bonds. The Morgan fingerprint density at radius 3 is 3.00 bits per heavy atom. The smallest absolute Gasteiger partial charge is 0.181 e. The summed E-state index contributed by atoms with van der Waals surface area (Å²) in [6.45, 7) is 0. The van der Waals surface area contributed by atoms with Crippen LogP contribution in [0.3, 0.4) is 0 Å². The Bertz CT molecular complexity index is 493. The van der Waals surface area contributed by atoms with Gasteiger partial charge in [0, 0.05) is 4.88 Å². The molecule has 4 nitrogen and oxygen atoms in total. The Balaban J connectivity index is 0.00000256. The topological polar surface area (TPSA) is 74.5 Å². The van der Waals surface area contributed by atoms with Gasteiger partial charge in [0.25, 0.3) is 0 Å². The predicted molar refractivity (Wildman–Crippen MR) is 79.9 cm³/mol. The van der Waals surface area contributed by atoms with E-state index >= 15 is 0 Å². The highest BCUT2D eigenvalue weighted by Gasteiger charge is 1.95. The SMILES string of the molecule is Br.C#CCSC(N)=NN=Cc1ccc(C#N)s1. The number of nitrogens with zero attached hydrogens (tertiary/aromatic N) is 3. The second-order valence-electron chi connectivity index (χ2n) is 2.49. The van der Waals surface area contributed by atoms with Crippen molar-refractivity contribution in [1.29, 1.82) is 5.26 Å². The van der Waals surface area contributed by atoms with Gasteiger partial charge in [0.15, 0.2) is 5.17 Å². The number of nitriles is 1. The zero-order valence-corrected chi connectivity index (χ0v) is 12.0. The molecule has 7 heteroatoms. The van der Waals surface area contributed by atoms with E-state index in [0.717, 1.165) is 4.88 Å². The summed E-state index contributed by atoms with van der Waals surface area (Å²) in [4.78, 5) is 1.50. The van der Waals surface area contributed by atoms with E-state index in [-0.39, 0.29) is 17.0 Å². The van der Waals surface area contributed by atoms with Crippen molar-refractivity contribution < 1.29 is 0 Å². The number of amidine groups is 1. The van der Waals surface area contributed by atoms with Crippen LogP contribution in [0.25, 0.3) is 0 Å². The fourth-order valence-electron chi connectivity index (χ4n) is 0.769. The standard InChI is InChI=1S/C10H8N4S2.BrH/c1-2-5-15-10(12)14-13-7-9-4-3-8(6-11)16-9;/h1,3-4,7H,5H2,(H2,12,14);1H. The molecule has 0 bridgehead atoms. The molecule has 0 fully saturated rings. The first kappa shape index (κ1) is 15.7. The minimum atomic E-state index is 0. The van der Waals surface area contributed by atoms with Crippen LogP contribution < -0.4 is 5.73 Å². The van der Waals surface area contributed by atoms with Crippen LogP contribution in [0.5, 0.6) is 0 Å². The van der Waals surface area contributed by atoms with Crippen molar-refractivity contribution in [3.05, 3.63) is 21.9 Å². The van der Waals surface area contributed by atoms with E-state index in [0.29, 0.717) is 15.8 Å². The Hall–Kier alpha value is -1.28. The lowest BCUT2D eigenvalue weighted by Crippen LogP contribution is -2.05. The zero-order valence-electron chi connectivity index (χ0n) is 8.66. The molecule has 0 radical (unpaired) electrons. The van der Waals surface area contributed by atoms with Crippen molar-refractivity contribution in [3.8, 4) is 18.4 Å². The molecule has 0 aromatic carbocycles. The highest BCUT2D eigenvalue weighted by Crippen LogP contribution is 2.12. The zero-order chi connectivity index (χ0) is 11.8. The molecule has 0 atom stereocenters. The fraction of sp³-hybridized carbons (Fsp3) is 0.100. The Kier molecular flexibility index (Phi) is 8.16. The number of nitrogens with two attached hydrogens (primary N) is 1. The molecule has 1 aromatic rings. The molecule has 17 heavy (non-hydrogen) atoms. The first-order valence-corrected chi connectivity index (χ1v) is 5.99. The van der Waals surface area contributed by atoms with E-state index in [4.69, 9.17) is 17.4 Å². The summed E-state index contributed by atoms with van der Waals surface area (Å²) in [7, 11) is 0. The lowest BCUT2D eigenvalue weighted by atomic mass is 10.4. The molecule has 88 valence electrons. The van der Waals surface area contributed by atoms with Crippen molar-refractivity contribution >= 4 is 51.5 Å². The maximum absolute atomic E-state index is 8.61. The van der Waals surface area contributed by atoms with Crippen molar-refractivity contribution in [2.45, 2.75) is 0 Å². The first-order valence-electron chi connectivity index (χ1n) is 4.19. The quantitative estimate of drug-likeness (QED) is 0.400. The van der Waals surface area contributed by atoms with Crippen molar-refractivity contribution in [2.75, 3.05) is 5.75 Å². The largest absolute Gasteiger partial charge is 0.377 e. The third-order valence-electron chi connectivity index (χ3n) is 1.38. The van der Waals surface area contributed by atoms with Crippen LogP contribution in [0, 0.1) is 23.7 Å². The molecule has 1 aromatic heterocycles. The van der Waals surface area contributed by atoms with Crippen LogP contribution in [-0.2, 0) is 0 Å². The van der Waals surface area contributed by atoms with Gasteiger partial charge >= 0.3 is 0 Å². The molecule has 2 N–H and O–H groups in total. The van der Waals surface area contributed by atoms with E-state index in [9.17, 15) is 0 Å².